The molecule has 5 heterocycles. The summed E-state index contributed by atoms with van der Waals surface area (Å²) >= 11 is 0. The molecule has 19 nitrogen and oxygen atoms in total. The molecule has 5 aliphatic rings. The Labute approximate surface area is 407 Å². The van der Waals surface area contributed by atoms with E-state index >= 15 is 0 Å². The number of Topliss-reactive ketones (excluding diaryl/α,β-unsaturated/α-hetero) is 1. The van der Waals surface area contributed by atoms with Gasteiger partial charge in [0.1, 0.15) is 42.4 Å². The Morgan fingerprint density at radius 1 is 0.986 bits per heavy atom. The molecule has 5 N–H and O–H groups in total. The average molecular weight is 982 g/mol. The fourth-order valence-corrected chi connectivity index (χ4v) is 9.53. The minimum atomic E-state index is -2.10. The van der Waals surface area contributed by atoms with Gasteiger partial charge in [-0.3, -0.25) is 24.0 Å². The third-order valence-corrected chi connectivity index (χ3v) is 13.9. The number of hydrogen-bond acceptors (Lipinski definition) is 18. The van der Waals surface area contributed by atoms with E-state index in [1.807, 2.05) is 6.92 Å². The number of aliphatic hydroxyl groups is 1. The largest absolute Gasteiger partial charge is 0.507 e. The van der Waals surface area contributed by atoms with Gasteiger partial charge in [0, 0.05) is 60.6 Å². The van der Waals surface area contributed by atoms with Gasteiger partial charge < -0.3 is 68.4 Å². The van der Waals surface area contributed by atoms with E-state index in [2.05, 4.69) is 5.32 Å². The van der Waals surface area contributed by atoms with Gasteiger partial charge in [-0.05, 0) is 60.0 Å². The highest BCUT2D eigenvalue weighted by Crippen LogP contribution is 2.54. The smallest absolute Gasteiger partial charge is 0.312 e. The van der Waals surface area contributed by atoms with Gasteiger partial charge in [0.15, 0.2) is 12.0 Å². The van der Waals surface area contributed by atoms with Crippen LogP contribution < -0.4 is 10.1 Å². The number of rotatable bonds is 8. The highest BCUT2D eigenvalue weighted by atomic mass is 16.7. The summed E-state index contributed by atoms with van der Waals surface area (Å²) in [6, 6.07) is 1.04. The van der Waals surface area contributed by atoms with E-state index in [1.54, 1.807) is 53.7 Å². The average Bonchev–Trinajstić information content (AvgIpc) is 3.88. The Kier molecular flexibility index (Phi) is 16.3. The van der Waals surface area contributed by atoms with Gasteiger partial charge in [0.25, 0.3) is 11.7 Å². The number of esters is 3. The lowest BCUT2D eigenvalue weighted by molar-refractivity contribution is -0.246. The second-order valence-electron chi connectivity index (χ2n) is 19.7. The van der Waals surface area contributed by atoms with Crippen molar-refractivity contribution in [3.63, 3.8) is 0 Å². The number of anilines is 1. The zero-order valence-corrected chi connectivity index (χ0v) is 41.7. The number of carbonyl (C=O) groups excluding carboxylic acids is 5. The normalized spacial score (nSPS) is 32.9. The van der Waals surface area contributed by atoms with Gasteiger partial charge in [0.05, 0.1) is 66.3 Å². The number of ketones is 1. The molecule has 0 saturated carbocycles. The van der Waals surface area contributed by atoms with Crippen molar-refractivity contribution in [1.82, 2.24) is 0 Å². The van der Waals surface area contributed by atoms with Gasteiger partial charge in [-0.1, -0.05) is 39.0 Å². The molecule has 0 spiro atoms. The number of phenolic OH excluding ortho intramolecular Hbond substituents is 3. The van der Waals surface area contributed by atoms with E-state index < -0.39 is 119 Å². The van der Waals surface area contributed by atoms with Crippen LogP contribution in [0.3, 0.4) is 0 Å². The van der Waals surface area contributed by atoms with Crippen LogP contribution >= 0.6 is 0 Å². The molecule has 0 aliphatic carbocycles. The molecule has 2 aromatic rings. The summed E-state index contributed by atoms with van der Waals surface area (Å²) in [5.74, 6) is -10.1. The number of fused-ring (bicyclic) bond motifs is 15. The fourth-order valence-electron chi connectivity index (χ4n) is 9.53. The van der Waals surface area contributed by atoms with Crippen molar-refractivity contribution in [2.24, 2.45) is 29.1 Å². The molecule has 384 valence electrons. The number of nitrogens with one attached hydrogen (secondary N) is 1. The topological polar surface area (TPSA) is 261 Å². The molecule has 19 heteroatoms. The molecule has 1 unspecified atom stereocenters. The lowest BCUT2D eigenvalue weighted by atomic mass is 9.78. The Bertz CT molecular complexity index is 2440. The van der Waals surface area contributed by atoms with Crippen molar-refractivity contribution in [2.45, 2.75) is 150 Å². The number of aliphatic hydroxyl groups excluding tert-OH is 1. The Hall–Kier alpha value is -5.73. The maximum absolute atomic E-state index is 14.4. The number of carbonyl (C=O) groups is 5. The molecule has 2 saturated heterocycles. The molecule has 5 aliphatic heterocycles. The quantitative estimate of drug-likeness (QED) is 0.0815. The first-order chi connectivity index (χ1) is 32.8. The van der Waals surface area contributed by atoms with Crippen LogP contribution in [0, 0.1) is 36.0 Å². The van der Waals surface area contributed by atoms with Crippen LogP contribution in [0.15, 0.2) is 42.2 Å². The lowest BCUT2D eigenvalue weighted by Crippen LogP contribution is -2.49. The van der Waals surface area contributed by atoms with Crippen LogP contribution in [0.25, 0.3) is 10.8 Å². The number of aromatic hydroxyl groups is 3. The zero-order valence-electron chi connectivity index (χ0n) is 41.7. The minimum Gasteiger partial charge on any atom is -0.507 e. The summed E-state index contributed by atoms with van der Waals surface area (Å²) in [5, 5.41) is 48.7. The maximum Gasteiger partial charge on any atom is 0.312 e. The van der Waals surface area contributed by atoms with Crippen LogP contribution in [0.1, 0.15) is 104 Å². The zero-order chi connectivity index (χ0) is 51.7. The molecular formula is C51H67NO18. The number of amides is 1. The lowest BCUT2D eigenvalue weighted by Gasteiger charge is -2.40. The van der Waals surface area contributed by atoms with Crippen LogP contribution in [-0.4, -0.2) is 119 Å². The van der Waals surface area contributed by atoms with E-state index in [0.717, 1.165) is 6.07 Å². The molecule has 2 aromatic carbocycles. The van der Waals surface area contributed by atoms with Crippen LogP contribution in [0.5, 0.6) is 23.0 Å². The number of hydrogen-bond donors (Lipinski definition) is 5. The monoisotopic (exact) mass is 981 g/mol. The first-order valence-electron chi connectivity index (χ1n) is 23.5. The molecule has 0 radical (unpaired) electrons. The standard InChI is InChI=1S/C51H67NO18/c1-23-14-13-15-31(28(6)67-49(61)50(9,10)21-36(55)62-12)18-24(2)41(56)26(4)44(68-30(8)53)25(3)34(69-37-20-35-46(29(7)66-37)64-22-63-35)16-17-65-51(11)47(59)40-38-33(54)19-32(52-48(23)60)43(58)39(38)42(57)27(5)45(40)70-51/h13-17,19,24-26,28-29,31,34-35,37,41,44,46,54,56-58H,18,20-22H2,1-12H3,(H,52,60)/b15-13+,17-16+,23-14-/t24-,25-,26-,28?,29-,31+,34+,35+,37+,41-,44-,46-,51+/m1/s1. The summed E-state index contributed by atoms with van der Waals surface area (Å²) in [5.41, 5.74) is -1.58. The molecule has 2 fully saturated rings. The minimum absolute atomic E-state index is 0.0272. The Morgan fingerprint density at radius 2 is 1.69 bits per heavy atom. The summed E-state index contributed by atoms with van der Waals surface area (Å²) < 4.78 is 53.4. The first kappa shape index (κ1) is 53.6. The van der Waals surface area contributed by atoms with Gasteiger partial charge in [-0.2, -0.15) is 0 Å². The molecule has 0 aromatic heterocycles. The summed E-state index contributed by atoms with van der Waals surface area (Å²) in [6.07, 6.45) is 1.69. The predicted molar refractivity (Wildman–Crippen MR) is 250 cm³/mol. The number of methoxy groups -OCH3 is 1. The summed E-state index contributed by atoms with van der Waals surface area (Å²) in [4.78, 5) is 66.6. The second kappa shape index (κ2) is 21.3. The van der Waals surface area contributed by atoms with Crippen molar-refractivity contribution in [3.8, 4) is 23.0 Å². The van der Waals surface area contributed by atoms with Gasteiger partial charge in [0.2, 0.25) is 0 Å². The van der Waals surface area contributed by atoms with Gasteiger partial charge >= 0.3 is 23.7 Å². The molecule has 5 bridgehead atoms. The molecular weight excluding hydrogens is 915 g/mol. The third-order valence-electron chi connectivity index (χ3n) is 13.9. The first-order valence-corrected chi connectivity index (χ1v) is 23.5. The van der Waals surface area contributed by atoms with Crippen LogP contribution in [0.2, 0.25) is 0 Å². The van der Waals surface area contributed by atoms with Crippen LogP contribution in [-0.2, 0) is 57.1 Å². The summed E-state index contributed by atoms with van der Waals surface area (Å²) in [6.45, 7) is 17.5. The van der Waals surface area contributed by atoms with Gasteiger partial charge in [-0.15, -0.1) is 0 Å². The third kappa shape index (κ3) is 11.1. The Balaban J connectivity index is 1.45. The highest BCUT2D eigenvalue weighted by Gasteiger charge is 2.50. The number of allylic oxidation sites excluding steroid dienone is 2. The van der Waals surface area contributed by atoms with Crippen molar-refractivity contribution in [2.75, 3.05) is 19.2 Å². The molecule has 7 rings (SSSR count). The second-order valence-corrected chi connectivity index (χ2v) is 19.7. The molecule has 1 amide bonds. The van der Waals surface area contributed by atoms with E-state index in [9.17, 15) is 44.4 Å². The SMILES string of the molecule is COC(=O)CC(C)(C)C(=O)OC(C)[C@H]1/C=C/C=C(/C)C(=O)Nc2cc(O)c3c4c(c(C)c(O)c3c2O)O[C@](C)(O/C=C/[C@H](O[C@H]2C[C@@H]3OCO[C@@H]3[C@@H](C)O2)[C@@H](C)[C@@H](OC(C)=O)[C@H](C)[C@H](O)[C@H](C)C1)C4=O. The van der Waals surface area contributed by atoms with Crippen LogP contribution in [0.4, 0.5) is 5.69 Å². The van der Waals surface area contributed by atoms with Gasteiger partial charge in [-0.25, -0.2) is 0 Å². The maximum atomic E-state index is 14.4. The molecule has 13 atom stereocenters. The highest BCUT2D eigenvalue weighted by molar-refractivity contribution is 6.21. The van der Waals surface area contributed by atoms with E-state index in [1.165, 1.54) is 53.2 Å². The van der Waals surface area contributed by atoms with Crippen molar-refractivity contribution >= 4 is 46.1 Å². The summed E-state index contributed by atoms with van der Waals surface area (Å²) in [7, 11) is 1.22. The number of benzene rings is 2. The van der Waals surface area contributed by atoms with E-state index in [0.29, 0.717) is 0 Å². The fraction of sp³-hybridized carbons (Fsp3) is 0.588. The Morgan fingerprint density at radius 3 is 2.36 bits per heavy atom. The molecule has 70 heavy (non-hydrogen) atoms. The van der Waals surface area contributed by atoms with E-state index in [-0.39, 0.29) is 77.2 Å². The number of phenols is 3. The number of ether oxygens (including phenoxy) is 9. The van der Waals surface area contributed by atoms with Crippen molar-refractivity contribution in [1.29, 1.82) is 0 Å². The van der Waals surface area contributed by atoms with Crippen molar-refractivity contribution in [3.05, 3.63) is 53.3 Å². The predicted octanol–water partition coefficient (Wildman–Crippen LogP) is 6.53. The van der Waals surface area contributed by atoms with E-state index in [4.69, 9.17) is 42.6 Å². The van der Waals surface area contributed by atoms with Crippen molar-refractivity contribution < 1.29 is 87.0 Å².